The molecule has 212 valence electrons. The second-order valence-electron chi connectivity index (χ2n) is 8.95. The van der Waals surface area contributed by atoms with Gasteiger partial charge in [-0.2, -0.15) is 0 Å². The van der Waals surface area contributed by atoms with E-state index in [0.717, 1.165) is 18.4 Å². The lowest BCUT2D eigenvalue weighted by Crippen LogP contribution is -2.52. The lowest BCUT2D eigenvalue weighted by molar-refractivity contribution is -0.385. The summed E-state index contributed by atoms with van der Waals surface area (Å²) in [6.45, 7) is 2.00. The number of hydrogen-bond donors (Lipinski definition) is 1. The number of unbranched alkanes of at least 4 members (excludes halogenated alkanes) is 1. The second kappa shape index (κ2) is 15.1. The Morgan fingerprint density at radius 2 is 1.75 bits per heavy atom. The van der Waals surface area contributed by atoms with Crippen LogP contribution in [0.15, 0.2) is 66.7 Å². The fraction of sp³-hybridized carbons (Fsp3) is 0.310. The third kappa shape index (κ3) is 8.34. The van der Waals surface area contributed by atoms with Gasteiger partial charge in [0.15, 0.2) is 6.61 Å². The molecule has 0 saturated heterocycles. The van der Waals surface area contributed by atoms with Crippen LogP contribution in [0.3, 0.4) is 0 Å². The lowest BCUT2D eigenvalue weighted by Gasteiger charge is -2.32. The molecule has 1 unspecified atom stereocenters. The molecule has 0 aliphatic rings. The first-order valence-electron chi connectivity index (χ1n) is 12.7. The minimum atomic E-state index is -0.894. The van der Waals surface area contributed by atoms with Crippen molar-refractivity contribution in [2.24, 2.45) is 0 Å². The lowest BCUT2D eigenvalue weighted by atomic mass is 10.0. The number of benzene rings is 3. The van der Waals surface area contributed by atoms with Crippen molar-refractivity contribution in [3.05, 3.63) is 98.0 Å². The average Bonchev–Trinajstić information content (AvgIpc) is 2.95. The van der Waals surface area contributed by atoms with Crippen LogP contribution in [0, 0.1) is 10.1 Å². The van der Waals surface area contributed by atoms with Crippen LogP contribution < -0.4 is 14.8 Å². The van der Waals surface area contributed by atoms with Crippen LogP contribution in [0.2, 0.25) is 10.0 Å². The summed E-state index contributed by atoms with van der Waals surface area (Å²) in [5.74, 6) is -0.629. The molecule has 0 bridgehead atoms. The summed E-state index contributed by atoms with van der Waals surface area (Å²) < 4.78 is 10.8. The van der Waals surface area contributed by atoms with Gasteiger partial charge in [-0.25, -0.2) is 0 Å². The van der Waals surface area contributed by atoms with E-state index < -0.39 is 23.5 Å². The summed E-state index contributed by atoms with van der Waals surface area (Å²) in [6.07, 6.45) is 1.94. The molecule has 0 saturated carbocycles. The number of hydrogen-bond acceptors (Lipinski definition) is 6. The number of amides is 2. The van der Waals surface area contributed by atoms with Gasteiger partial charge in [-0.1, -0.05) is 72.9 Å². The zero-order valence-corrected chi connectivity index (χ0v) is 23.8. The number of halogens is 2. The van der Waals surface area contributed by atoms with Gasteiger partial charge in [0.05, 0.1) is 12.0 Å². The molecule has 3 aromatic carbocycles. The van der Waals surface area contributed by atoms with E-state index in [1.54, 1.807) is 18.2 Å². The highest BCUT2D eigenvalue weighted by Crippen LogP contribution is 2.31. The van der Waals surface area contributed by atoms with E-state index in [1.165, 1.54) is 30.2 Å². The number of carbonyl (C=O) groups is 2. The fourth-order valence-electron chi connectivity index (χ4n) is 4.04. The average molecular weight is 588 g/mol. The van der Waals surface area contributed by atoms with Gasteiger partial charge in [-0.05, 0) is 30.2 Å². The summed E-state index contributed by atoms with van der Waals surface area (Å²) in [4.78, 5) is 39.3. The molecule has 11 heteroatoms. The minimum Gasteiger partial charge on any atom is -0.490 e. The zero-order chi connectivity index (χ0) is 29.1. The number of rotatable bonds is 14. The van der Waals surface area contributed by atoms with Crippen molar-refractivity contribution in [1.29, 1.82) is 0 Å². The molecular weight excluding hydrogens is 557 g/mol. The van der Waals surface area contributed by atoms with E-state index >= 15 is 0 Å². The van der Waals surface area contributed by atoms with Crippen molar-refractivity contribution in [1.82, 2.24) is 10.2 Å². The molecule has 3 aromatic rings. The monoisotopic (exact) mass is 587 g/mol. The first-order valence-corrected chi connectivity index (χ1v) is 13.5. The van der Waals surface area contributed by atoms with Gasteiger partial charge < -0.3 is 19.7 Å². The summed E-state index contributed by atoms with van der Waals surface area (Å²) in [5, 5.41) is 14.9. The molecule has 3 rings (SSSR count). The summed E-state index contributed by atoms with van der Waals surface area (Å²) in [6, 6.07) is 17.5. The Hall–Kier alpha value is -3.82. The van der Waals surface area contributed by atoms with Gasteiger partial charge >= 0.3 is 5.69 Å². The Bertz CT molecular complexity index is 1300. The highest BCUT2D eigenvalue weighted by molar-refractivity contribution is 6.36. The SMILES string of the molecule is CCCCNC(=O)C(Cc1ccccc1)N(Cc1c(Cl)cccc1Cl)C(=O)COc1ccc([N+](=O)[O-])c(OC)c1. The smallest absolute Gasteiger partial charge is 0.311 e. The summed E-state index contributed by atoms with van der Waals surface area (Å²) in [5.41, 5.74) is 1.13. The molecule has 2 amide bonds. The maximum atomic E-state index is 13.7. The summed E-state index contributed by atoms with van der Waals surface area (Å²) >= 11 is 12.9. The van der Waals surface area contributed by atoms with Gasteiger partial charge in [0.1, 0.15) is 11.8 Å². The van der Waals surface area contributed by atoms with E-state index in [0.29, 0.717) is 22.2 Å². The highest BCUT2D eigenvalue weighted by atomic mass is 35.5. The Labute approximate surface area is 243 Å². The maximum Gasteiger partial charge on any atom is 0.311 e. The molecule has 40 heavy (non-hydrogen) atoms. The summed E-state index contributed by atoms with van der Waals surface area (Å²) in [7, 11) is 1.30. The first kappa shape index (κ1) is 30.7. The topological polar surface area (TPSA) is 111 Å². The van der Waals surface area contributed by atoms with Crippen LogP contribution in [0.5, 0.6) is 11.5 Å². The molecule has 0 heterocycles. The number of nitrogens with one attached hydrogen (secondary N) is 1. The van der Waals surface area contributed by atoms with Crippen molar-refractivity contribution < 1.29 is 24.0 Å². The number of methoxy groups -OCH3 is 1. The Kier molecular flexibility index (Phi) is 11.6. The Balaban J connectivity index is 1.94. The van der Waals surface area contributed by atoms with E-state index in [-0.39, 0.29) is 36.1 Å². The standard InChI is InChI=1S/C29H31Cl2N3O6/c1-3-4-15-32-29(36)26(16-20-9-6-5-7-10-20)33(18-22-23(30)11-8-12-24(22)31)28(35)19-40-21-13-14-25(34(37)38)27(17-21)39-2/h5-14,17,26H,3-4,15-16,18-19H2,1-2H3,(H,32,36). The fourth-order valence-corrected chi connectivity index (χ4v) is 4.56. The van der Waals surface area contributed by atoms with Gasteiger partial charge in [0.25, 0.3) is 5.91 Å². The maximum absolute atomic E-state index is 13.7. The quantitative estimate of drug-likeness (QED) is 0.144. The largest absolute Gasteiger partial charge is 0.490 e. The van der Waals surface area contributed by atoms with Gasteiger partial charge in [-0.3, -0.25) is 19.7 Å². The normalized spacial score (nSPS) is 11.4. The van der Waals surface area contributed by atoms with Crippen molar-refractivity contribution in [3.8, 4) is 11.5 Å². The molecule has 0 aromatic heterocycles. The van der Waals surface area contributed by atoms with Crippen molar-refractivity contribution in [2.75, 3.05) is 20.3 Å². The third-order valence-corrected chi connectivity index (χ3v) is 6.91. The van der Waals surface area contributed by atoms with Gasteiger partial charge in [-0.15, -0.1) is 0 Å². The van der Waals surface area contributed by atoms with E-state index in [1.807, 2.05) is 37.3 Å². The molecule has 0 aliphatic heterocycles. The predicted octanol–water partition coefficient (Wildman–Crippen LogP) is 5.85. The minimum absolute atomic E-state index is 0.00749. The van der Waals surface area contributed by atoms with Gasteiger partial charge in [0, 0.05) is 47.3 Å². The van der Waals surface area contributed by atoms with Crippen LogP contribution in [0.25, 0.3) is 0 Å². The zero-order valence-electron chi connectivity index (χ0n) is 22.3. The predicted molar refractivity (Wildman–Crippen MR) is 154 cm³/mol. The van der Waals surface area contributed by atoms with Crippen molar-refractivity contribution in [3.63, 3.8) is 0 Å². The number of carbonyl (C=O) groups excluding carboxylic acids is 2. The molecule has 9 nitrogen and oxygen atoms in total. The molecular formula is C29H31Cl2N3O6. The molecule has 0 fully saturated rings. The molecule has 0 aliphatic carbocycles. The number of nitrogens with zero attached hydrogens (tertiary/aromatic N) is 2. The molecule has 1 N–H and O–H groups in total. The van der Waals surface area contributed by atoms with Crippen LogP contribution in [-0.4, -0.2) is 47.9 Å². The molecule has 0 spiro atoms. The molecule has 0 radical (unpaired) electrons. The van der Waals surface area contributed by atoms with Crippen LogP contribution in [0.1, 0.15) is 30.9 Å². The third-order valence-electron chi connectivity index (χ3n) is 6.20. The molecule has 1 atom stereocenters. The first-order chi connectivity index (χ1) is 19.2. The number of nitro benzene ring substituents is 1. The Morgan fingerprint density at radius 1 is 1.05 bits per heavy atom. The van der Waals surface area contributed by atoms with Crippen LogP contribution in [-0.2, 0) is 22.6 Å². The van der Waals surface area contributed by atoms with Crippen molar-refractivity contribution >= 4 is 40.7 Å². The van der Waals surface area contributed by atoms with Crippen molar-refractivity contribution in [2.45, 2.75) is 38.8 Å². The van der Waals surface area contributed by atoms with Crippen LogP contribution >= 0.6 is 23.2 Å². The second-order valence-corrected chi connectivity index (χ2v) is 9.77. The Morgan fingerprint density at radius 3 is 2.38 bits per heavy atom. The van der Waals surface area contributed by atoms with E-state index in [4.69, 9.17) is 32.7 Å². The number of nitro groups is 1. The van der Waals surface area contributed by atoms with E-state index in [9.17, 15) is 19.7 Å². The number of ether oxygens (including phenoxy) is 2. The van der Waals surface area contributed by atoms with E-state index in [2.05, 4.69) is 5.32 Å². The van der Waals surface area contributed by atoms with Crippen LogP contribution in [0.4, 0.5) is 5.69 Å². The van der Waals surface area contributed by atoms with Gasteiger partial charge in [0.2, 0.25) is 11.7 Å². The highest BCUT2D eigenvalue weighted by Gasteiger charge is 2.31.